The number of nitrogens with one attached hydrogen (secondary N) is 2. The van der Waals surface area contributed by atoms with Crippen molar-refractivity contribution in [2.75, 3.05) is 23.7 Å². The molecule has 10 nitrogen and oxygen atoms in total. The summed E-state index contributed by atoms with van der Waals surface area (Å²) in [5, 5.41) is 35.1. The van der Waals surface area contributed by atoms with Crippen molar-refractivity contribution >= 4 is 57.3 Å². The molecular weight excluding hydrogens is 613 g/mol. The van der Waals surface area contributed by atoms with Gasteiger partial charge in [0.25, 0.3) is 0 Å². The zero-order chi connectivity index (χ0) is 31.0. The highest BCUT2D eigenvalue weighted by molar-refractivity contribution is 6.36. The summed E-state index contributed by atoms with van der Waals surface area (Å²) in [4.78, 5) is 17.1. The van der Waals surface area contributed by atoms with Gasteiger partial charge in [-0.2, -0.15) is 5.26 Å². The molecule has 3 heterocycles. The van der Waals surface area contributed by atoms with Gasteiger partial charge in [-0.15, -0.1) is 5.10 Å². The van der Waals surface area contributed by atoms with Crippen LogP contribution in [0.3, 0.4) is 0 Å². The molecular formula is C30H22Cl2F2N8O2. The quantitative estimate of drug-likeness (QED) is 0.172. The van der Waals surface area contributed by atoms with Crippen molar-refractivity contribution in [3.05, 3.63) is 105 Å². The number of hydrogen-bond acceptors (Lipinski definition) is 7. The molecule has 44 heavy (non-hydrogen) atoms. The molecule has 3 N–H and O–H groups in total. The maximum absolute atomic E-state index is 13.9. The molecule has 1 saturated heterocycles. The molecule has 6 rings (SSSR count). The van der Waals surface area contributed by atoms with Crippen LogP contribution in [0.15, 0.2) is 67.0 Å². The minimum Gasteiger partial charge on any atom is -0.465 e. The molecule has 1 aliphatic heterocycles. The normalized spacial score (nSPS) is 15.2. The van der Waals surface area contributed by atoms with E-state index in [0.717, 1.165) is 0 Å². The van der Waals surface area contributed by atoms with E-state index in [1.165, 1.54) is 41.4 Å². The molecule has 1 amide bonds. The standard InChI is InChI=1S/C30H22Cl2F2N8O2/c31-23-10-19(5-6-25(23)34)37-27-17(12-35)13-36-29-22(27)9-20(11-24(29)32)38-28(16-1-3-18(33)4-2-16)26-15-42(40-39-26)21-7-8-41(14-21)30(43)44/h1-6,9-11,13,15,21,28,38H,7-8,14H2,(H,36,37)(H,43,44)/t21-,28?/m0/s1. The van der Waals surface area contributed by atoms with Gasteiger partial charge in [0.2, 0.25) is 0 Å². The monoisotopic (exact) mass is 634 g/mol. The van der Waals surface area contributed by atoms with Crippen molar-refractivity contribution in [1.29, 1.82) is 5.26 Å². The molecule has 0 aliphatic carbocycles. The fraction of sp³-hybridized carbons (Fsp3) is 0.167. The van der Waals surface area contributed by atoms with E-state index in [2.05, 4.69) is 32.0 Å². The molecule has 3 aromatic carbocycles. The zero-order valence-corrected chi connectivity index (χ0v) is 24.2. The molecule has 1 aliphatic rings. The number of likely N-dealkylation sites (tertiary alicyclic amines) is 1. The molecule has 0 spiro atoms. The average Bonchev–Trinajstić information content (AvgIpc) is 3.69. The number of nitrogens with zero attached hydrogens (tertiary/aromatic N) is 6. The summed E-state index contributed by atoms with van der Waals surface area (Å²) in [7, 11) is 0. The summed E-state index contributed by atoms with van der Waals surface area (Å²) in [5.41, 5.74) is 3.18. The molecule has 2 atom stereocenters. The summed E-state index contributed by atoms with van der Waals surface area (Å²) >= 11 is 12.7. The van der Waals surface area contributed by atoms with Crippen LogP contribution in [0.25, 0.3) is 10.9 Å². The van der Waals surface area contributed by atoms with Crippen molar-refractivity contribution < 1.29 is 18.7 Å². The van der Waals surface area contributed by atoms with Gasteiger partial charge in [0.1, 0.15) is 23.4 Å². The summed E-state index contributed by atoms with van der Waals surface area (Å²) in [6, 6.07) is 14.8. The largest absolute Gasteiger partial charge is 0.465 e. The molecule has 0 bridgehead atoms. The number of aromatic nitrogens is 4. The summed E-state index contributed by atoms with van der Waals surface area (Å²) in [5.74, 6) is -0.987. The highest BCUT2D eigenvalue weighted by atomic mass is 35.5. The van der Waals surface area contributed by atoms with Crippen LogP contribution in [-0.4, -0.2) is 49.2 Å². The third-order valence-corrected chi connectivity index (χ3v) is 7.96. The highest BCUT2D eigenvalue weighted by Crippen LogP contribution is 2.37. The Balaban J connectivity index is 1.39. The Morgan fingerprint density at radius 1 is 1.09 bits per heavy atom. The Bertz CT molecular complexity index is 1930. The first-order chi connectivity index (χ1) is 21.2. The van der Waals surface area contributed by atoms with Crippen LogP contribution in [-0.2, 0) is 0 Å². The number of nitriles is 1. The minimum absolute atomic E-state index is 0.0873. The second-order valence-corrected chi connectivity index (χ2v) is 11.0. The molecule has 14 heteroatoms. The molecule has 1 fully saturated rings. The lowest BCUT2D eigenvalue weighted by Crippen LogP contribution is -2.27. The van der Waals surface area contributed by atoms with E-state index in [-0.39, 0.29) is 28.2 Å². The van der Waals surface area contributed by atoms with Gasteiger partial charge in [-0.1, -0.05) is 40.5 Å². The van der Waals surface area contributed by atoms with E-state index >= 15 is 0 Å². The predicted octanol–water partition coefficient (Wildman–Crippen LogP) is 7.15. The van der Waals surface area contributed by atoms with Gasteiger partial charge >= 0.3 is 6.09 Å². The molecule has 2 aromatic heterocycles. The minimum atomic E-state index is -0.989. The van der Waals surface area contributed by atoms with E-state index in [1.807, 2.05) is 0 Å². The van der Waals surface area contributed by atoms with Gasteiger partial charge in [-0.3, -0.25) is 4.98 Å². The number of halogens is 4. The molecule has 0 radical (unpaired) electrons. The van der Waals surface area contributed by atoms with E-state index < -0.39 is 23.8 Å². The fourth-order valence-corrected chi connectivity index (χ4v) is 5.61. The molecule has 5 aromatic rings. The Labute approximate surface area is 259 Å². The topological polar surface area (TPSA) is 132 Å². The second-order valence-electron chi connectivity index (χ2n) is 10.2. The van der Waals surface area contributed by atoms with Crippen molar-refractivity contribution in [2.24, 2.45) is 0 Å². The van der Waals surface area contributed by atoms with E-state index in [0.29, 0.717) is 52.2 Å². The van der Waals surface area contributed by atoms with Gasteiger partial charge in [-0.25, -0.2) is 18.3 Å². The Kier molecular flexibility index (Phi) is 7.90. The predicted molar refractivity (Wildman–Crippen MR) is 161 cm³/mol. The summed E-state index contributed by atoms with van der Waals surface area (Å²) < 4.78 is 29.3. The van der Waals surface area contributed by atoms with Crippen LogP contribution in [0.2, 0.25) is 10.0 Å². The van der Waals surface area contributed by atoms with Gasteiger partial charge in [0.15, 0.2) is 0 Å². The lowest BCUT2D eigenvalue weighted by molar-refractivity contribution is 0.154. The maximum atomic E-state index is 13.9. The number of carbonyl (C=O) groups is 1. The van der Waals surface area contributed by atoms with Gasteiger partial charge in [-0.05, 0) is 54.4 Å². The van der Waals surface area contributed by atoms with Crippen LogP contribution in [0, 0.1) is 23.0 Å². The molecule has 1 unspecified atom stereocenters. The number of pyridine rings is 1. The van der Waals surface area contributed by atoms with Gasteiger partial charge < -0.3 is 20.6 Å². The van der Waals surface area contributed by atoms with E-state index in [9.17, 15) is 23.9 Å². The summed E-state index contributed by atoms with van der Waals surface area (Å²) in [6.45, 7) is 0.681. The van der Waals surface area contributed by atoms with Gasteiger partial charge in [0.05, 0.1) is 45.1 Å². The van der Waals surface area contributed by atoms with Crippen LogP contribution in [0.1, 0.15) is 35.3 Å². The van der Waals surface area contributed by atoms with Crippen LogP contribution in [0.4, 0.5) is 30.6 Å². The first-order valence-corrected chi connectivity index (χ1v) is 14.1. The lowest BCUT2D eigenvalue weighted by Gasteiger charge is -2.20. The van der Waals surface area contributed by atoms with E-state index in [4.69, 9.17) is 23.2 Å². The van der Waals surface area contributed by atoms with Crippen molar-refractivity contribution in [2.45, 2.75) is 18.5 Å². The number of anilines is 3. The number of hydrogen-bond donors (Lipinski definition) is 3. The van der Waals surface area contributed by atoms with Crippen LogP contribution in [0.5, 0.6) is 0 Å². The van der Waals surface area contributed by atoms with Crippen molar-refractivity contribution in [3.8, 4) is 6.07 Å². The van der Waals surface area contributed by atoms with Crippen molar-refractivity contribution in [3.63, 3.8) is 0 Å². The van der Waals surface area contributed by atoms with Crippen LogP contribution >= 0.6 is 23.2 Å². The summed E-state index contributed by atoms with van der Waals surface area (Å²) in [6.07, 6.45) is 2.73. The van der Waals surface area contributed by atoms with E-state index in [1.54, 1.807) is 35.1 Å². The third-order valence-electron chi connectivity index (χ3n) is 7.38. The number of rotatable bonds is 7. The number of benzene rings is 3. The first-order valence-electron chi connectivity index (χ1n) is 13.4. The molecule has 222 valence electrons. The SMILES string of the molecule is N#Cc1cnc2c(Cl)cc(NC(c3ccc(F)cc3)c3cn([C@H]4CCN(C(=O)O)C4)nn3)cc2c1Nc1ccc(F)c(Cl)c1. The highest BCUT2D eigenvalue weighted by Gasteiger charge is 2.29. The molecule has 0 saturated carbocycles. The lowest BCUT2D eigenvalue weighted by atomic mass is 10.0. The second kappa shape index (κ2) is 11.9. The average molecular weight is 635 g/mol. The van der Waals surface area contributed by atoms with Gasteiger partial charge in [0, 0.05) is 36.0 Å². The number of fused-ring (bicyclic) bond motifs is 1. The first kappa shape index (κ1) is 29.1. The Hall–Kier alpha value is -4.99. The van der Waals surface area contributed by atoms with Crippen LogP contribution < -0.4 is 10.6 Å². The van der Waals surface area contributed by atoms with Crippen molar-refractivity contribution in [1.82, 2.24) is 24.9 Å². The number of carboxylic acid groups (broad SMARTS) is 1. The maximum Gasteiger partial charge on any atom is 0.407 e. The Morgan fingerprint density at radius 2 is 1.86 bits per heavy atom. The third kappa shape index (κ3) is 5.79. The Morgan fingerprint density at radius 3 is 2.57 bits per heavy atom. The fourth-order valence-electron chi connectivity index (χ4n) is 5.16. The smallest absolute Gasteiger partial charge is 0.407 e. The zero-order valence-electron chi connectivity index (χ0n) is 22.7. The number of amides is 1.